The van der Waals surface area contributed by atoms with Crippen molar-refractivity contribution in [1.82, 2.24) is 0 Å². The smallest absolute Gasteiger partial charge is 0.331 e. The van der Waals surface area contributed by atoms with Gasteiger partial charge in [-0.15, -0.1) is 0 Å². The lowest BCUT2D eigenvalue weighted by atomic mass is 10.2. The zero-order chi connectivity index (χ0) is 10.5. The second-order valence-electron chi connectivity index (χ2n) is 3.87. The van der Waals surface area contributed by atoms with Crippen molar-refractivity contribution >= 4 is 5.97 Å². The molecule has 0 saturated heterocycles. The van der Waals surface area contributed by atoms with Crippen molar-refractivity contribution in [2.75, 3.05) is 0 Å². The number of hydrogen-bond donors (Lipinski definition) is 1. The number of rotatable bonds is 3. The number of carbonyl (C=O) groups excluding carboxylic acids is 1. The fourth-order valence-corrected chi connectivity index (χ4v) is 0.662. The lowest BCUT2D eigenvalue weighted by molar-refractivity contribution is -0.148. The standard InChI is InChI=1S/C10H18O3/c1-5-8(11)6-7-9(12)13-10(2,3)4/h6-8,11H,5H2,1-4H3/b7-6+/t8-/m0/s1. The van der Waals surface area contributed by atoms with E-state index in [2.05, 4.69) is 0 Å². The molecule has 3 nitrogen and oxygen atoms in total. The molecule has 0 unspecified atom stereocenters. The van der Waals surface area contributed by atoms with Crippen LogP contribution in [0.15, 0.2) is 12.2 Å². The van der Waals surface area contributed by atoms with E-state index in [1.807, 2.05) is 6.92 Å². The second-order valence-corrected chi connectivity index (χ2v) is 3.87. The molecule has 0 spiro atoms. The van der Waals surface area contributed by atoms with E-state index in [9.17, 15) is 4.79 Å². The van der Waals surface area contributed by atoms with Crippen molar-refractivity contribution in [2.24, 2.45) is 0 Å². The number of hydrogen-bond acceptors (Lipinski definition) is 3. The Morgan fingerprint density at radius 1 is 1.54 bits per heavy atom. The molecule has 0 fully saturated rings. The van der Waals surface area contributed by atoms with Crippen LogP contribution in [0, 0.1) is 0 Å². The van der Waals surface area contributed by atoms with Crippen LogP contribution in [-0.2, 0) is 9.53 Å². The summed E-state index contributed by atoms with van der Waals surface area (Å²) in [5, 5.41) is 9.11. The van der Waals surface area contributed by atoms with Crippen LogP contribution < -0.4 is 0 Å². The summed E-state index contributed by atoms with van der Waals surface area (Å²) in [6, 6.07) is 0. The average molecular weight is 186 g/mol. The van der Waals surface area contributed by atoms with Crippen LogP contribution in [0.25, 0.3) is 0 Å². The Morgan fingerprint density at radius 2 is 2.08 bits per heavy atom. The summed E-state index contributed by atoms with van der Waals surface area (Å²) >= 11 is 0. The second kappa shape index (κ2) is 5.02. The SMILES string of the molecule is CC[C@H](O)/C=C/C(=O)OC(C)(C)C. The van der Waals surface area contributed by atoms with Crippen molar-refractivity contribution in [1.29, 1.82) is 0 Å². The van der Waals surface area contributed by atoms with Gasteiger partial charge < -0.3 is 9.84 Å². The summed E-state index contributed by atoms with van der Waals surface area (Å²) in [6.07, 6.45) is 2.74. The molecule has 0 saturated carbocycles. The van der Waals surface area contributed by atoms with Crippen molar-refractivity contribution in [3.05, 3.63) is 12.2 Å². The fraction of sp³-hybridized carbons (Fsp3) is 0.700. The zero-order valence-corrected chi connectivity index (χ0v) is 8.70. The van der Waals surface area contributed by atoms with Gasteiger partial charge in [0, 0.05) is 6.08 Å². The van der Waals surface area contributed by atoms with Gasteiger partial charge in [-0.25, -0.2) is 4.79 Å². The van der Waals surface area contributed by atoms with Crippen LogP contribution in [0.5, 0.6) is 0 Å². The molecular weight excluding hydrogens is 168 g/mol. The third kappa shape index (κ3) is 7.53. The van der Waals surface area contributed by atoms with Gasteiger partial charge in [-0.2, -0.15) is 0 Å². The Labute approximate surface area is 79.4 Å². The molecule has 1 N–H and O–H groups in total. The molecule has 3 heteroatoms. The maximum absolute atomic E-state index is 11.1. The molecule has 13 heavy (non-hydrogen) atoms. The summed E-state index contributed by atoms with van der Waals surface area (Å²) in [4.78, 5) is 11.1. The summed E-state index contributed by atoms with van der Waals surface area (Å²) in [7, 11) is 0. The molecule has 0 amide bonds. The lowest BCUT2D eigenvalue weighted by Crippen LogP contribution is -2.22. The first kappa shape index (κ1) is 12.2. The minimum atomic E-state index is -0.562. The van der Waals surface area contributed by atoms with Crippen molar-refractivity contribution in [3.63, 3.8) is 0 Å². The number of carbonyl (C=O) groups is 1. The van der Waals surface area contributed by atoms with E-state index < -0.39 is 17.7 Å². The molecule has 0 aliphatic heterocycles. The highest BCUT2D eigenvalue weighted by Gasteiger charge is 2.13. The highest BCUT2D eigenvalue weighted by atomic mass is 16.6. The molecule has 0 aliphatic rings. The molecule has 0 heterocycles. The zero-order valence-electron chi connectivity index (χ0n) is 8.70. The van der Waals surface area contributed by atoms with E-state index >= 15 is 0 Å². The third-order valence-corrected chi connectivity index (χ3v) is 1.28. The van der Waals surface area contributed by atoms with Crippen LogP contribution >= 0.6 is 0 Å². The first-order valence-electron chi connectivity index (χ1n) is 4.44. The Hall–Kier alpha value is -0.830. The summed E-state index contributed by atoms with van der Waals surface area (Å²) in [5.41, 5.74) is -0.474. The van der Waals surface area contributed by atoms with Gasteiger partial charge in [0.05, 0.1) is 6.10 Å². The molecule has 0 aromatic carbocycles. The molecule has 0 radical (unpaired) electrons. The summed E-state index contributed by atoms with van der Waals surface area (Å²) in [5.74, 6) is -0.417. The summed E-state index contributed by atoms with van der Waals surface area (Å²) in [6.45, 7) is 7.24. The van der Waals surface area contributed by atoms with Crippen molar-refractivity contribution in [2.45, 2.75) is 45.8 Å². The maximum atomic E-state index is 11.1. The Bertz CT molecular complexity index is 189. The summed E-state index contributed by atoms with van der Waals surface area (Å²) < 4.78 is 5.00. The predicted octanol–water partition coefficient (Wildman–Crippen LogP) is 1.66. The molecule has 0 aromatic heterocycles. The topological polar surface area (TPSA) is 46.5 Å². The highest BCUT2D eigenvalue weighted by Crippen LogP contribution is 2.07. The van der Waals surface area contributed by atoms with Gasteiger partial charge in [0.25, 0.3) is 0 Å². The number of aliphatic hydroxyl groups is 1. The Morgan fingerprint density at radius 3 is 2.46 bits per heavy atom. The molecule has 76 valence electrons. The molecule has 0 aliphatic carbocycles. The van der Waals surface area contributed by atoms with Gasteiger partial charge in [-0.1, -0.05) is 6.92 Å². The van der Waals surface area contributed by atoms with Crippen LogP contribution in [0.1, 0.15) is 34.1 Å². The quantitative estimate of drug-likeness (QED) is 0.538. The number of aliphatic hydroxyl groups excluding tert-OH is 1. The molecule has 1 atom stereocenters. The fourth-order valence-electron chi connectivity index (χ4n) is 0.662. The Kier molecular flexibility index (Phi) is 4.70. The van der Waals surface area contributed by atoms with Crippen molar-refractivity contribution < 1.29 is 14.6 Å². The van der Waals surface area contributed by atoms with Gasteiger partial charge in [-0.3, -0.25) is 0 Å². The van der Waals surface area contributed by atoms with Gasteiger partial charge in [-0.05, 0) is 33.3 Å². The minimum absolute atomic E-state index is 0.417. The van der Waals surface area contributed by atoms with Crippen LogP contribution in [0.2, 0.25) is 0 Å². The average Bonchev–Trinajstić information content (AvgIpc) is 1.97. The van der Waals surface area contributed by atoms with E-state index in [4.69, 9.17) is 9.84 Å². The lowest BCUT2D eigenvalue weighted by Gasteiger charge is -2.18. The van der Waals surface area contributed by atoms with Crippen molar-refractivity contribution in [3.8, 4) is 0 Å². The van der Waals surface area contributed by atoms with Crippen LogP contribution in [-0.4, -0.2) is 22.8 Å². The molecular formula is C10H18O3. The van der Waals surface area contributed by atoms with Gasteiger partial charge in [0.2, 0.25) is 0 Å². The third-order valence-electron chi connectivity index (χ3n) is 1.28. The first-order valence-corrected chi connectivity index (χ1v) is 4.44. The van der Waals surface area contributed by atoms with Gasteiger partial charge >= 0.3 is 5.97 Å². The monoisotopic (exact) mass is 186 g/mol. The van der Waals surface area contributed by atoms with Crippen LogP contribution in [0.4, 0.5) is 0 Å². The van der Waals surface area contributed by atoms with E-state index in [0.717, 1.165) is 0 Å². The highest BCUT2D eigenvalue weighted by molar-refractivity contribution is 5.82. The van der Waals surface area contributed by atoms with E-state index in [1.54, 1.807) is 20.8 Å². The minimum Gasteiger partial charge on any atom is -0.457 e. The van der Waals surface area contributed by atoms with E-state index in [1.165, 1.54) is 12.2 Å². The van der Waals surface area contributed by atoms with Gasteiger partial charge in [0.1, 0.15) is 5.60 Å². The number of esters is 1. The maximum Gasteiger partial charge on any atom is 0.331 e. The number of ether oxygens (including phenoxy) is 1. The normalized spacial score (nSPS) is 14.5. The van der Waals surface area contributed by atoms with E-state index in [0.29, 0.717) is 6.42 Å². The van der Waals surface area contributed by atoms with E-state index in [-0.39, 0.29) is 0 Å². The molecule has 0 bridgehead atoms. The van der Waals surface area contributed by atoms with Gasteiger partial charge in [0.15, 0.2) is 0 Å². The first-order chi connectivity index (χ1) is 5.85. The largest absolute Gasteiger partial charge is 0.457 e. The molecule has 0 rings (SSSR count). The Balaban J connectivity index is 3.95. The predicted molar refractivity (Wildman–Crippen MR) is 51.3 cm³/mol. The van der Waals surface area contributed by atoms with Crippen LogP contribution in [0.3, 0.4) is 0 Å². The molecule has 0 aromatic rings.